The zero-order valence-corrected chi connectivity index (χ0v) is 25.1. The van der Waals surface area contributed by atoms with E-state index < -0.39 is 0 Å². The summed E-state index contributed by atoms with van der Waals surface area (Å²) in [5, 5.41) is 17.7. The van der Waals surface area contributed by atoms with E-state index in [0.29, 0.717) is 36.9 Å². The Morgan fingerprint density at radius 3 is 2.46 bits per heavy atom. The number of halogens is 1. The summed E-state index contributed by atoms with van der Waals surface area (Å²) in [6.07, 6.45) is 2.97. The van der Waals surface area contributed by atoms with Crippen molar-refractivity contribution in [1.29, 1.82) is 0 Å². The van der Waals surface area contributed by atoms with Crippen molar-refractivity contribution >= 4 is 39.1 Å². The number of carbonyl (C=O) groups is 1. The highest BCUT2D eigenvalue weighted by Gasteiger charge is 2.28. The van der Waals surface area contributed by atoms with Crippen molar-refractivity contribution in [2.45, 2.75) is 59.4 Å². The number of benzene rings is 2. The van der Waals surface area contributed by atoms with Crippen LogP contribution in [0.4, 0.5) is 0 Å². The second kappa shape index (κ2) is 15.4. The topological polar surface area (TPSA) is 97.5 Å². The fourth-order valence-electron chi connectivity index (χ4n) is 5.31. The van der Waals surface area contributed by atoms with E-state index in [-0.39, 0.29) is 22.6 Å². The van der Waals surface area contributed by atoms with Crippen molar-refractivity contribution in [1.82, 2.24) is 20.5 Å². The van der Waals surface area contributed by atoms with Gasteiger partial charge in [0.15, 0.2) is 0 Å². The molecule has 4 N–H and O–H groups in total. The first-order valence-corrected chi connectivity index (χ1v) is 15.2. The number of rotatable bonds is 16. The van der Waals surface area contributed by atoms with E-state index in [2.05, 4.69) is 54.3 Å². The molecule has 0 spiro atoms. The van der Waals surface area contributed by atoms with Crippen LogP contribution in [-0.4, -0.2) is 59.7 Å². The number of phenols is 1. The molecular formula is C30H43ClN4O3S. The number of H-pyrrole nitrogens is 1. The summed E-state index contributed by atoms with van der Waals surface area (Å²) in [5.74, 6) is 1.04. The number of hydrogen-bond donors (Lipinski definition) is 4. The maximum absolute atomic E-state index is 13.4. The van der Waals surface area contributed by atoms with Crippen LogP contribution in [0.5, 0.6) is 5.75 Å². The fraction of sp³-hybridized carbons (Fsp3) is 0.533. The number of hydrogen-bond acceptors (Lipinski definition) is 6. The van der Waals surface area contributed by atoms with Gasteiger partial charge in [-0.2, -0.15) is 0 Å². The molecule has 7 nitrogen and oxygen atoms in total. The van der Waals surface area contributed by atoms with E-state index in [1.807, 2.05) is 24.3 Å². The van der Waals surface area contributed by atoms with Crippen LogP contribution < -0.4 is 15.5 Å². The molecule has 0 bridgehead atoms. The number of carbonyl (C=O) groups excluding carboxylic acids is 1. The zero-order chi connectivity index (χ0) is 28.4. The molecule has 0 radical (unpaired) electrons. The summed E-state index contributed by atoms with van der Waals surface area (Å²) in [4.78, 5) is 29.7. The Bertz CT molecular complexity index is 1250. The minimum absolute atomic E-state index is 0.0962. The third-order valence-corrected chi connectivity index (χ3v) is 8.20. The second-order valence-electron chi connectivity index (χ2n) is 10.8. The van der Waals surface area contributed by atoms with Crippen LogP contribution in [0.3, 0.4) is 0 Å². The van der Waals surface area contributed by atoms with Gasteiger partial charge in [0.25, 0.3) is 0 Å². The van der Waals surface area contributed by atoms with Crippen molar-refractivity contribution in [3.8, 4) is 5.75 Å². The standard InChI is InChI=1S/C30H43ClN4O3S/c1-20(2)28(21(3)4)35(26(37)9-6-14-32-15-12-22-7-5-8-24(31)19-22)18-17-33-16-13-23-10-11-25(36)27-29(23)39-30(38)34-27/h5,7-8,10-11,19-21,28,32-33,36H,6,9,12-18H2,1-4H3,(H,34,38). The van der Waals surface area contributed by atoms with E-state index >= 15 is 0 Å². The summed E-state index contributed by atoms with van der Waals surface area (Å²) in [7, 11) is 0. The molecule has 39 heavy (non-hydrogen) atoms. The van der Waals surface area contributed by atoms with Crippen molar-refractivity contribution in [2.24, 2.45) is 11.8 Å². The second-order valence-corrected chi connectivity index (χ2v) is 12.2. The molecule has 0 unspecified atom stereocenters. The molecule has 1 heterocycles. The average molecular weight is 575 g/mol. The molecule has 3 rings (SSSR count). The molecule has 2 aromatic carbocycles. The van der Waals surface area contributed by atoms with Gasteiger partial charge < -0.3 is 25.6 Å². The molecule has 0 aliphatic rings. The number of amides is 1. The van der Waals surface area contributed by atoms with Crippen molar-refractivity contribution in [3.05, 3.63) is 62.2 Å². The Hall–Kier alpha value is -2.39. The third-order valence-electron chi connectivity index (χ3n) is 7.01. The van der Waals surface area contributed by atoms with Crippen molar-refractivity contribution < 1.29 is 9.90 Å². The van der Waals surface area contributed by atoms with Gasteiger partial charge in [-0.1, -0.05) is 68.8 Å². The summed E-state index contributed by atoms with van der Waals surface area (Å²) in [6, 6.07) is 11.6. The summed E-state index contributed by atoms with van der Waals surface area (Å²) >= 11 is 7.19. The Morgan fingerprint density at radius 2 is 1.74 bits per heavy atom. The molecule has 0 saturated carbocycles. The van der Waals surface area contributed by atoms with Gasteiger partial charge in [0.2, 0.25) is 5.91 Å². The smallest absolute Gasteiger partial charge is 0.305 e. The lowest BCUT2D eigenvalue weighted by molar-refractivity contribution is -0.135. The molecular weight excluding hydrogens is 532 g/mol. The fourth-order valence-corrected chi connectivity index (χ4v) is 6.42. The molecule has 1 aromatic heterocycles. The lowest BCUT2D eigenvalue weighted by Gasteiger charge is -2.37. The number of fused-ring (bicyclic) bond motifs is 1. The van der Waals surface area contributed by atoms with E-state index in [4.69, 9.17) is 11.6 Å². The lowest BCUT2D eigenvalue weighted by atomic mass is 9.91. The molecule has 0 aliphatic carbocycles. The molecule has 9 heteroatoms. The number of phenolic OH excluding ortho intramolecular Hbond substituents is 1. The van der Waals surface area contributed by atoms with E-state index in [1.165, 1.54) is 5.56 Å². The number of nitrogens with zero attached hydrogens (tertiary/aromatic N) is 1. The Balaban J connectivity index is 1.46. The van der Waals surface area contributed by atoms with Crippen LogP contribution in [0.2, 0.25) is 5.02 Å². The molecule has 1 amide bonds. The number of aromatic nitrogens is 1. The van der Waals surface area contributed by atoms with Gasteiger partial charge in [-0.25, -0.2) is 0 Å². The van der Waals surface area contributed by atoms with Crippen LogP contribution in [0.25, 0.3) is 10.2 Å². The largest absolute Gasteiger partial charge is 0.506 e. The van der Waals surface area contributed by atoms with Gasteiger partial charge in [-0.3, -0.25) is 9.59 Å². The number of aromatic hydroxyl groups is 1. The number of nitrogens with one attached hydrogen (secondary N) is 3. The molecule has 214 valence electrons. The SMILES string of the molecule is CC(C)C(C(C)C)N(CCNCCc1ccc(O)c2[nH]c(=O)sc12)C(=O)CCCNCCc1cccc(Cl)c1. The number of aromatic amines is 1. The van der Waals surface area contributed by atoms with Crippen LogP contribution >= 0.6 is 22.9 Å². The van der Waals surface area contributed by atoms with E-state index in [9.17, 15) is 14.7 Å². The quantitative estimate of drug-likeness (QED) is 0.176. The predicted octanol–water partition coefficient (Wildman–Crippen LogP) is 5.20. The van der Waals surface area contributed by atoms with Crippen LogP contribution in [0.15, 0.2) is 41.2 Å². The normalized spacial score (nSPS) is 11.8. The van der Waals surface area contributed by atoms with Crippen LogP contribution in [0, 0.1) is 11.8 Å². The zero-order valence-electron chi connectivity index (χ0n) is 23.6. The molecule has 0 fully saturated rings. The van der Waals surface area contributed by atoms with Gasteiger partial charge in [-0.15, -0.1) is 0 Å². The van der Waals surface area contributed by atoms with E-state index in [1.54, 1.807) is 6.07 Å². The first kappa shape index (κ1) is 31.1. The van der Waals surface area contributed by atoms with Crippen molar-refractivity contribution in [3.63, 3.8) is 0 Å². The Kier molecular flexibility index (Phi) is 12.3. The Labute approximate surface area is 241 Å². The Morgan fingerprint density at radius 1 is 1.03 bits per heavy atom. The first-order valence-electron chi connectivity index (χ1n) is 14.0. The maximum Gasteiger partial charge on any atom is 0.305 e. The van der Waals surface area contributed by atoms with Gasteiger partial charge in [-0.05, 0) is 80.1 Å². The highest BCUT2D eigenvalue weighted by molar-refractivity contribution is 7.16. The summed E-state index contributed by atoms with van der Waals surface area (Å²) in [5.41, 5.74) is 2.74. The monoisotopic (exact) mass is 574 g/mol. The summed E-state index contributed by atoms with van der Waals surface area (Å²) < 4.78 is 0.805. The van der Waals surface area contributed by atoms with Gasteiger partial charge >= 0.3 is 4.87 Å². The summed E-state index contributed by atoms with van der Waals surface area (Å²) in [6.45, 7) is 12.5. The highest BCUT2D eigenvalue weighted by Crippen LogP contribution is 2.28. The molecule has 3 aromatic rings. The minimum atomic E-state index is -0.167. The maximum atomic E-state index is 13.4. The van der Waals surface area contributed by atoms with Crippen molar-refractivity contribution in [2.75, 3.05) is 32.7 Å². The van der Waals surface area contributed by atoms with Gasteiger partial charge in [0.05, 0.1) is 4.70 Å². The van der Waals surface area contributed by atoms with Gasteiger partial charge in [0.1, 0.15) is 11.3 Å². The lowest BCUT2D eigenvalue weighted by Crippen LogP contribution is -2.49. The molecule has 0 saturated heterocycles. The van der Waals surface area contributed by atoms with Crippen LogP contribution in [-0.2, 0) is 17.6 Å². The first-order chi connectivity index (χ1) is 18.7. The molecule has 0 aliphatic heterocycles. The number of thiazole rings is 1. The minimum Gasteiger partial charge on any atom is -0.506 e. The highest BCUT2D eigenvalue weighted by atomic mass is 35.5. The van der Waals surface area contributed by atoms with Gasteiger partial charge in [0, 0.05) is 30.6 Å². The van der Waals surface area contributed by atoms with Crippen LogP contribution in [0.1, 0.15) is 51.7 Å². The van der Waals surface area contributed by atoms with E-state index in [0.717, 1.165) is 65.5 Å². The molecule has 0 atom stereocenters. The predicted molar refractivity (Wildman–Crippen MR) is 163 cm³/mol. The third kappa shape index (κ3) is 9.34. The average Bonchev–Trinajstić information content (AvgIpc) is 3.28.